The second kappa shape index (κ2) is 5.94. The van der Waals surface area contributed by atoms with Crippen molar-refractivity contribution in [2.24, 2.45) is 0 Å². The summed E-state index contributed by atoms with van der Waals surface area (Å²) < 4.78 is 0. The van der Waals surface area contributed by atoms with Gasteiger partial charge in [-0.15, -0.1) is 11.3 Å². The lowest BCUT2D eigenvalue weighted by atomic mass is 9.97. The van der Waals surface area contributed by atoms with Crippen LogP contribution in [0.3, 0.4) is 0 Å². The standard InChI is InChI=1S/C15H15ClN2OS/c16-13-3-1-2-12(10-13)15(19)18-7-4-11(5-8-18)14-17-6-9-20-14/h1-3,6,9-11H,4-5,7-8H2. The number of rotatable bonds is 2. The number of likely N-dealkylation sites (tertiary alicyclic amines) is 1. The molecule has 3 rings (SSSR count). The summed E-state index contributed by atoms with van der Waals surface area (Å²) in [5, 5.41) is 3.81. The number of amides is 1. The number of thiazole rings is 1. The summed E-state index contributed by atoms with van der Waals surface area (Å²) in [4.78, 5) is 18.7. The molecule has 20 heavy (non-hydrogen) atoms. The van der Waals surface area contributed by atoms with E-state index in [1.165, 1.54) is 5.01 Å². The van der Waals surface area contributed by atoms with E-state index in [9.17, 15) is 4.79 Å². The fraction of sp³-hybridized carbons (Fsp3) is 0.333. The Bertz CT molecular complexity index is 592. The van der Waals surface area contributed by atoms with Gasteiger partial charge in [-0.1, -0.05) is 17.7 Å². The van der Waals surface area contributed by atoms with Gasteiger partial charge in [0.2, 0.25) is 0 Å². The maximum atomic E-state index is 12.4. The van der Waals surface area contributed by atoms with Crippen LogP contribution in [0.2, 0.25) is 5.02 Å². The molecular weight excluding hydrogens is 292 g/mol. The lowest BCUT2D eigenvalue weighted by Gasteiger charge is -2.31. The SMILES string of the molecule is O=C(c1cccc(Cl)c1)N1CCC(c2nccs2)CC1. The first-order valence-corrected chi connectivity index (χ1v) is 7.94. The lowest BCUT2D eigenvalue weighted by molar-refractivity contribution is 0.0713. The van der Waals surface area contributed by atoms with E-state index >= 15 is 0 Å². The Morgan fingerprint density at radius 3 is 2.80 bits per heavy atom. The molecule has 0 unspecified atom stereocenters. The van der Waals surface area contributed by atoms with Crippen molar-refractivity contribution >= 4 is 28.8 Å². The summed E-state index contributed by atoms with van der Waals surface area (Å²) in [6.07, 6.45) is 3.82. The van der Waals surface area contributed by atoms with Crippen LogP contribution in [0, 0.1) is 0 Å². The van der Waals surface area contributed by atoms with E-state index in [2.05, 4.69) is 4.98 Å². The predicted octanol–water partition coefficient (Wildman–Crippen LogP) is 3.82. The summed E-state index contributed by atoms with van der Waals surface area (Å²) in [5.41, 5.74) is 0.671. The normalized spacial score (nSPS) is 16.4. The Kier molecular flexibility index (Phi) is 4.03. The molecule has 0 spiro atoms. The third-order valence-corrected chi connectivity index (χ3v) is 4.83. The quantitative estimate of drug-likeness (QED) is 0.845. The third kappa shape index (κ3) is 2.86. The molecular formula is C15H15ClN2OS. The van der Waals surface area contributed by atoms with Crippen LogP contribution in [0.25, 0.3) is 0 Å². The van der Waals surface area contributed by atoms with Gasteiger partial charge in [0.25, 0.3) is 5.91 Å². The van der Waals surface area contributed by atoms with Gasteiger partial charge < -0.3 is 4.90 Å². The number of hydrogen-bond donors (Lipinski definition) is 0. The summed E-state index contributed by atoms with van der Waals surface area (Å²) in [6.45, 7) is 1.57. The highest BCUT2D eigenvalue weighted by molar-refractivity contribution is 7.09. The Labute approximate surface area is 127 Å². The van der Waals surface area contributed by atoms with Crippen LogP contribution in [0.15, 0.2) is 35.8 Å². The smallest absolute Gasteiger partial charge is 0.253 e. The number of halogens is 1. The van der Waals surface area contributed by atoms with Crippen LogP contribution in [-0.2, 0) is 0 Å². The second-order valence-corrected chi connectivity index (χ2v) is 6.31. The molecule has 5 heteroatoms. The monoisotopic (exact) mass is 306 g/mol. The van der Waals surface area contributed by atoms with Crippen LogP contribution in [0.5, 0.6) is 0 Å². The summed E-state index contributed by atoms with van der Waals surface area (Å²) >= 11 is 7.65. The summed E-state index contributed by atoms with van der Waals surface area (Å²) in [5.74, 6) is 0.573. The molecule has 1 aliphatic heterocycles. The Morgan fingerprint density at radius 2 is 2.15 bits per heavy atom. The number of carbonyl (C=O) groups excluding carboxylic acids is 1. The van der Waals surface area contributed by atoms with Crippen molar-refractivity contribution in [2.45, 2.75) is 18.8 Å². The molecule has 0 N–H and O–H groups in total. The maximum absolute atomic E-state index is 12.4. The average molecular weight is 307 g/mol. The fourth-order valence-electron chi connectivity index (χ4n) is 2.57. The topological polar surface area (TPSA) is 33.2 Å². The van der Waals surface area contributed by atoms with Crippen molar-refractivity contribution in [3.8, 4) is 0 Å². The van der Waals surface area contributed by atoms with Crippen molar-refractivity contribution in [3.63, 3.8) is 0 Å². The van der Waals surface area contributed by atoms with Crippen LogP contribution >= 0.6 is 22.9 Å². The van der Waals surface area contributed by atoms with Crippen molar-refractivity contribution in [3.05, 3.63) is 51.4 Å². The van der Waals surface area contributed by atoms with Crippen molar-refractivity contribution < 1.29 is 4.79 Å². The van der Waals surface area contributed by atoms with E-state index in [4.69, 9.17) is 11.6 Å². The van der Waals surface area contributed by atoms with Crippen LogP contribution in [-0.4, -0.2) is 28.9 Å². The molecule has 1 fully saturated rings. The third-order valence-electron chi connectivity index (χ3n) is 3.65. The molecule has 1 aromatic heterocycles. The number of benzene rings is 1. The first-order chi connectivity index (χ1) is 9.74. The van der Waals surface area contributed by atoms with E-state index in [1.54, 1.807) is 23.5 Å². The minimum atomic E-state index is 0.0742. The van der Waals surface area contributed by atoms with E-state index in [1.807, 2.05) is 28.6 Å². The highest BCUT2D eigenvalue weighted by Gasteiger charge is 2.25. The van der Waals surface area contributed by atoms with Crippen LogP contribution < -0.4 is 0 Å². The average Bonchev–Trinajstić information content (AvgIpc) is 3.01. The first kappa shape index (κ1) is 13.6. The molecule has 0 aliphatic carbocycles. The molecule has 1 amide bonds. The first-order valence-electron chi connectivity index (χ1n) is 6.68. The van der Waals surface area contributed by atoms with E-state index < -0.39 is 0 Å². The molecule has 2 aromatic rings. The Balaban J connectivity index is 1.65. The highest BCUT2D eigenvalue weighted by atomic mass is 35.5. The number of carbonyl (C=O) groups is 1. The number of piperidine rings is 1. The molecule has 1 aliphatic rings. The molecule has 0 atom stereocenters. The molecule has 1 aromatic carbocycles. The maximum Gasteiger partial charge on any atom is 0.253 e. The van der Waals surface area contributed by atoms with Gasteiger partial charge in [-0.2, -0.15) is 0 Å². The molecule has 0 radical (unpaired) electrons. The minimum absolute atomic E-state index is 0.0742. The summed E-state index contributed by atoms with van der Waals surface area (Å²) in [7, 11) is 0. The van der Waals surface area contributed by atoms with Gasteiger partial charge in [-0.3, -0.25) is 4.79 Å². The Hall–Kier alpha value is -1.39. The molecule has 3 nitrogen and oxygen atoms in total. The lowest BCUT2D eigenvalue weighted by Crippen LogP contribution is -2.37. The van der Waals surface area contributed by atoms with Gasteiger partial charge in [0.05, 0.1) is 5.01 Å². The number of aromatic nitrogens is 1. The van der Waals surface area contributed by atoms with Gasteiger partial charge in [-0.25, -0.2) is 4.98 Å². The van der Waals surface area contributed by atoms with Gasteiger partial charge >= 0.3 is 0 Å². The van der Waals surface area contributed by atoms with Crippen molar-refractivity contribution in [1.29, 1.82) is 0 Å². The zero-order chi connectivity index (χ0) is 13.9. The van der Waals surface area contributed by atoms with Crippen LogP contribution in [0.4, 0.5) is 0 Å². The minimum Gasteiger partial charge on any atom is -0.339 e. The number of nitrogens with zero attached hydrogens (tertiary/aromatic N) is 2. The molecule has 1 saturated heterocycles. The zero-order valence-electron chi connectivity index (χ0n) is 11.0. The second-order valence-electron chi connectivity index (χ2n) is 4.95. The van der Waals surface area contributed by atoms with E-state index in [0.29, 0.717) is 16.5 Å². The number of hydrogen-bond acceptors (Lipinski definition) is 3. The fourth-order valence-corrected chi connectivity index (χ4v) is 3.57. The van der Waals surface area contributed by atoms with Gasteiger partial charge in [0.15, 0.2) is 0 Å². The highest BCUT2D eigenvalue weighted by Crippen LogP contribution is 2.29. The molecule has 0 saturated carbocycles. The van der Waals surface area contributed by atoms with Gasteiger partial charge in [0, 0.05) is 41.2 Å². The largest absolute Gasteiger partial charge is 0.339 e. The molecule has 0 bridgehead atoms. The van der Waals surface area contributed by atoms with Crippen LogP contribution in [0.1, 0.15) is 34.1 Å². The molecule has 2 heterocycles. The van der Waals surface area contributed by atoms with Crippen molar-refractivity contribution in [1.82, 2.24) is 9.88 Å². The van der Waals surface area contributed by atoms with Crippen molar-refractivity contribution in [2.75, 3.05) is 13.1 Å². The van der Waals surface area contributed by atoms with E-state index in [0.717, 1.165) is 25.9 Å². The van der Waals surface area contributed by atoms with Gasteiger partial charge in [-0.05, 0) is 31.0 Å². The van der Waals surface area contributed by atoms with Gasteiger partial charge in [0.1, 0.15) is 0 Å². The Morgan fingerprint density at radius 1 is 1.35 bits per heavy atom. The molecule has 104 valence electrons. The summed E-state index contributed by atoms with van der Waals surface area (Å²) in [6, 6.07) is 7.16. The van der Waals surface area contributed by atoms with E-state index in [-0.39, 0.29) is 5.91 Å². The predicted molar refractivity (Wildman–Crippen MR) is 81.4 cm³/mol. The zero-order valence-corrected chi connectivity index (χ0v) is 12.5.